The highest BCUT2D eigenvalue weighted by molar-refractivity contribution is 5.96. The molecule has 0 aliphatic carbocycles. The van der Waals surface area contributed by atoms with Crippen molar-refractivity contribution >= 4 is 22.4 Å². The van der Waals surface area contributed by atoms with Crippen LogP contribution in [0.4, 0.5) is 5.69 Å². The Morgan fingerprint density at radius 2 is 1.75 bits per heavy atom. The zero-order chi connectivity index (χ0) is 19.9. The fraction of sp³-hybridized carbons (Fsp3) is 0.320. The highest BCUT2D eigenvalue weighted by Crippen LogP contribution is 2.40. The van der Waals surface area contributed by atoms with Gasteiger partial charge in [-0.05, 0) is 34.7 Å². The minimum absolute atomic E-state index is 0.00288. The van der Waals surface area contributed by atoms with Crippen LogP contribution in [-0.4, -0.2) is 19.1 Å². The number of aryl methyl sites for hydroxylation is 1. The molecule has 0 bridgehead atoms. The van der Waals surface area contributed by atoms with Crippen LogP contribution in [0.2, 0.25) is 0 Å². The van der Waals surface area contributed by atoms with E-state index in [1.807, 2.05) is 11.0 Å². The van der Waals surface area contributed by atoms with E-state index < -0.39 is 0 Å². The molecule has 0 spiro atoms. The maximum Gasteiger partial charge on any atom is 0.253 e. The van der Waals surface area contributed by atoms with E-state index in [0.717, 1.165) is 22.4 Å². The summed E-state index contributed by atoms with van der Waals surface area (Å²) < 4.78 is 6.24. The smallest absolute Gasteiger partial charge is 0.253 e. The Kier molecular flexibility index (Phi) is 4.72. The van der Waals surface area contributed by atoms with Crippen LogP contribution >= 0.6 is 0 Å². The summed E-state index contributed by atoms with van der Waals surface area (Å²) in [5, 5.41) is 2.35. The molecule has 1 amide bonds. The number of benzene rings is 3. The summed E-state index contributed by atoms with van der Waals surface area (Å²) in [5.41, 5.74) is 4.29. The maximum absolute atomic E-state index is 13.0. The van der Waals surface area contributed by atoms with Gasteiger partial charge >= 0.3 is 0 Å². The van der Waals surface area contributed by atoms with Crippen molar-refractivity contribution in [3.8, 4) is 0 Å². The van der Waals surface area contributed by atoms with Gasteiger partial charge in [0.1, 0.15) is 12.7 Å². The van der Waals surface area contributed by atoms with Crippen molar-refractivity contribution in [2.75, 3.05) is 18.1 Å². The Morgan fingerprint density at radius 3 is 2.54 bits per heavy atom. The van der Waals surface area contributed by atoms with Crippen molar-refractivity contribution < 1.29 is 9.53 Å². The largest absolute Gasteiger partial charge is 0.359 e. The summed E-state index contributed by atoms with van der Waals surface area (Å²) in [6.07, 6.45) is -0.269. The molecule has 144 valence electrons. The molecule has 1 unspecified atom stereocenters. The molecule has 0 radical (unpaired) electrons. The summed E-state index contributed by atoms with van der Waals surface area (Å²) in [6, 6.07) is 20.9. The molecule has 4 rings (SSSR count). The van der Waals surface area contributed by atoms with Crippen LogP contribution in [0.5, 0.6) is 0 Å². The third-order valence-corrected chi connectivity index (χ3v) is 5.17. The van der Waals surface area contributed by atoms with Crippen LogP contribution < -0.4 is 4.90 Å². The summed E-state index contributed by atoms with van der Waals surface area (Å²) >= 11 is 0. The van der Waals surface area contributed by atoms with Gasteiger partial charge in [-0.15, -0.1) is 0 Å². The normalized spacial score (nSPS) is 17.5. The quantitative estimate of drug-likeness (QED) is 0.581. The zero-order valence-corrected chi connectivity index (χ0v) is 17.0. The lowest BCUT2D eigenvalue weighted by Crippen LogP contribution is -2.39. The third kappa shape index (κ3) is 3.55. The minimum Gasteiger partial charge on any atom is -0.359 e. The van der Waals surface area contributed by atoms with Crippen LogP contribution in [0.25, 0.3) is 10.8 Å². The van der Waals surface area contributed by atoms with Gasteiger partial charge in [-0.25, -0.2) is 0 Å². The Morgan fingerprint density at radius 1 is 1.00 bits per heavy atom. The first-order chi connectivity index (χ1) is 13.3. The van der Waals surface area contributed by atoms with E-state index in [-0.39, 0.29) is 24.0 Å². The molecule has 3 aromatic rings. The molecule has 1 heterocycles. The summed E-state index contributed by atoms with van der Waals surface area (Å²) in [6.45, 7) is 9.29. The number of rotatable bonds is 2. The number of amides is 1. The number of fused-ring (bicyclic) bond motifs is 2. The molecule has 0 saturated carbocycles. The van der Waals surface area contributed by atoms with Gasteiger partial charge < -0.3 is 9.64 Å². The van der Waals surface area contributed by atoms with Gasteiger partial charge in [-0.3, -0.25) is 4.79 Å². The first kappa shape index (κ1) is 18.7. The molecule has 1 aliphatic heterocycles. The van der Waals surface area contributed by atoms with Gasteiger partial charge in [-0.1, -0.05) is 80.9 Å². The summed E-state index contributed by atoms with van der Waals surface area (Å²) in [5.74, 6) is 0.0164. The third-order valence-electron chi connectivity index (χ3n) is 5.17. The van der Waals surface area contributed by atoms with Gasteiger partial charge in [0.25, 0.3) is 5.91 Å². The van der Waals surface area contributed by atoms with Crippen LogP contribution in [0.15, 0.2) is 60.7 Å². The highest BCUT2D eigenvalue weighted by Gasteiger charge is 2.32. The number of anilines is 1. The van der Waals surface area contributed by atoms with Gasteiger partial charge in [0.05, 0.1) is 0 Å². The van der Waals surface area contributed by atoms with Gasteiger partial charge in [-0.2, -0.15) is 0 Å². The molecule has 1 aliphatic rings. The fourth-order valence-corrected chi connectivity index (χ4v) is 3.97. The number of hydrogen-bond acceptors (Lipinski definition) is 2. The molecule has 1 atom stereocenters. The lowest BCUT2D eigenvalue weighted by molar-refractivity contribution is -0.124. The predicted molar refractivity (Wildman–Crippen MR) is 115 cm³/mol. The molecule has 0 aromatic heterocycles. The van der Waals surface area contributed by atoms with Gasteiger partial charge in [0, 0.05) is 17.8 Å². The fourth-order valence-electron chi connectivity index (χ4n) is 3.97. The Balaban J connectivity index is 1.90. The Labute approximate surface area is 166 Å². The van der Waals surface area contributed by atoms with Gasteiger partial charge in [0.2, 0.25) is 0 Å². The SMILES string of the molecule is Cc1ccc2c(c1)C(c1cccc3ccccc13)OCC(=O)N2CC(C)(C)C. The van der Waals surface area contributed by atoms with E-state index in [0.29, 0.717) is 6.54 Å². The molecule has 3 nitrogen and oxygen atoms in total. The van der Waals surface area contributed by atoms with E-state index in [1.165, 1.54) is 10.8 Å². The molecule has 0 fully saturated rings. The van der Waals surface area contributed by atoms with E-state index in [9.17, 15) is 4.79 Å². The molecular weight excluding hydrogens is 346 g/mol. The standard InChI is InChI=1S/C25H27NO2/c1-17-12-13-22-21(14-17)24(28-15-23(27)26(22)16-25(2,3)4)20-11-7-9-18-8-5-6-10-19(18)20/h5-14,24H,15-16H2,1-4H3. The number of ether oxygens (including phenoxy) is 1. The van der Waals surface area contributed by atoms with Crippen molar-refractivity contribution in [2.24, 2.45) is 5.41 Å². The average molecular weight is 373 g/mol. The first-order valence-corrected chi connectivity index (χ1v) is 9.84. The summed E-state index contributed by atoms with van der Waals surface area (Å²) in [4.78, 5) is 14.9. The molecular formula is C25H27NO2. The van der Waals surface area contributed by atoms with E-state index in [4.69, 9.17) is 4.74 Å². The molecule has 3 aromatic carbocycles. The number of nitrogens with zero attached hydrogens (tertiary/aromatic N) is 1. The highest BCUT2D eigenvalue weighted by atomic mass is 16.5. The van der Waals surface area contributed by atoms with E-state index in [1.54, 1.807) is 0 Å². The van der Waals surface area contributed by atoms with Gasteiger partial charge in [0.15, 0.2) is 0 Å². The number of carbonyl (C=O) groups is 1. The van der Waals surface area contributed by atoms with Crippen LogP contribution in [0.3, 0.4) is 0 Å². The molecule has 0 saturated heterocycles. The second-order valence-electron chi connectivity index (χ2n) is 8.86. The predicted octanol–water partition coefficient (Wildman–Crippen LogP) is 5.65. The second-order valence-corrected chi connectivity index (χ2v) is 8.86. The van der Waals surface area contributed by atoms with Crippen molar-refractivity contribution in [1.82, 2.24) is 0 Å². The minimum atomic E-state index is -0.269. The van der Waals surface area contributed by atoms with Crippen LogP contribution in [0.1, 0.15) is 43.6 Å². The molecule has 3 heteroatoms. The molecule has 28 heavy (non-hydrogen) atoms. The van der Waals surface area contributed by atoms with Crippen molar-refractivity contribution in [3.63, 3.8) is 0 Å². The lowest BCUT2D eigenvalue weighted by Gasteiger charge is -2.30. The average Bonchev–Trinajstić information content (AvgIpc) is 2.77. The Bertz CT molecular complexity index is 1030. The Hall–Kier alpha value is -2.65. The number of carbonyl (C=O) groups excluding carboxylic acids is 1. The topological polar surface area (TPSA) is 29.5 Å². The first-order valence-electron chi connectivity index (χ1n) is 9.84. The summed E-state index contributed by atoms with van der Waals surface area (Å²) in [7, 11) is 0. The number of hydrogen-bond donors (Lipinski definition) is 0. The van der Waals surface area contributed by atoms with E-state index >= 15 is 0 Å². The maximum atomic E-state index is 13.0. The lowest BCUT2D eigenvalue weighted by atomic mass is 9.92. The second kappa shape index (κ2) is 7.06. The molecule has 0 N–H and O–H groups in total. The van der Waals surface area contributed by atoms with Crippen molar-refractivity contribution in [2.45, 2.75) is 33.8 Å². The van der Waals surface area contributed by atoms with Crippen molar-refractivity contribution in [3.05, 3.63) is 77.4 Å². The monoisotopic (exact) mass is 373 g/mol. The van der Waals surface area contributed by atoms with Crippen LogP contribution in [-0.2, 0) is 9.53 Å². The van der Waals surface area contributed by atoms with Crippen LogP contribution in [0, 0.1) is 12.3 Å². The zero-order valence-electron chi connectivity index (χ0n) is 17.0. The van der Waals surface area contributed by atoms with Crippen molar-refractivity contribution in [1.29, 1.82) is 0 Å². The van der Waals surface area contributed by atoms with E-state index in [2.05, 4.69) is 82.3 Å².